The molecule has 0 spiro atoms. The average Bonchev–Trinajstić information content (AvgIpc) is 2.28. The molecule has 1 aromatic carbocycles. The number of thiocarbonyl (C=S) groups is 1. The average molecular weight is 253 g/mol. The van der Waals surface area contributed by atoms with Gasteiger partial charge in [-0.3, -0.25) is 0 Å². The molecule has 1 unspecified atom stereocenters. The van der Waals surface area contributed by atoms with Crippen LogP contribution in [0.5, 0.6) is 5.75 Å². The van der Waals surface area contributed by atoms with Crippen LogP contribution in [0.4, 0.5) is 0 Å². The van der Waals surface area contributed by atoms with E-state index in [1.54, 1.807) is 24.3 Å². The van der Waals surface area contributed by atoms with Gasteiger partial charge >= 0.3 is 5.97 Å². The standard InChI is InChI=1S/C12H15NO3S/c1-2-5-10(12(14)15)16-9-7-4-3-6-8(9)11(13)17/h3-4,6-7,10H,2,5H2,1H3,(H2,13,17)(H,14,15). The third-order valence-electron chi connectivity index (χ3n) is 2.25. The van der Waals surface area contributed by atoms with E-state index in [1.165, 1.54) is 0 Å². The van der Waals surface area contributed by atoms with Gasteiger partial charge in [-0.25, -0.2) is 4.79 Å². The Balaban J connectivity index is 2.92. The predicted octanol–water partition coefficient (Wildman–Crippen LogP) is 1.95. The van der Waals surface area contributed by atoms with Gasteiger partial charge in [0.05, 0.1) is 5.56 Å². The van der Waals surface area contributed by atoms with E-state index in [9.17, 15) is 4.79 Å². The van der Waals surface area contributed by atoms with Crippen LogP contribution in [0.1, 0.15) is 25.3 Å². The minimum Gasteiger partial charge on any atom is -0.479 e. The Labute approximate surface area is 105 Å². The first-order chi connectivity index (χ1) is 8.06. The zero-order valence-electron chi connectivity index (χ0n) is 9.55. The number of hydrogen-bond acceptors (Lipinski definition) is 3. The Bertz CT molecular complexity index is 420. The van der Waals surface area contributed by atoms with Gasteiger partial charge in [-0.2, -0.15) is 0 Å². The zero-order valence-corrected chi connectivity index (χ0v) is 10.4. The lowest BCUT2D eigenvalue weighted by Crippen LogP contribution is -2.27. The van der Waals surface area contributed by atoms with Gasteiger partial charge in [0, 0.05) is 0 Å². The van der Waals surface area contributed by atoms with Gasteiger partial charge in [0.2, 0.25) is 0 Å². The van der Waals surface area contributed by atoms with E-state index in [4.69, 9.17) is 27.8 Å². The van der Waals surface area contributed by atoms with Gasteiger partial charge in [0.25, 0.3) is 0 Å². The van der Waals surface area contributed by atoms with E-state index in [1.807, 2.05) is 6.92 Å². The molecule has 0 aliphatic rings. The second-order valence-electron chi connectivity index (χ2n) is 3.59. The number of carboxylic acid groups (broad SMARTS) is 1. The molecule has 0 aromatic heterocycles. The van der Waals surface area contributed by atoms with Crippen molar-refractivity contribution in [3.05, 3.63) is 29.8 Å². The molecule has 3 N–H and O–H groups in total. The number of carbonyl (C=O) groups is 1. The van der Waals surface area contributed by atoms with Gasteiger partial charge in [-0.05, 0) is 18.6 Å². The SMILES string of the molecule is CCCC(Oc1ccccc1C(N)=S)C(=O)O. The van der Waals surface area contributed by atoms with Crippen molar-refractivity contribution in [2.45, 2.75) is 25.9 Å². The largest absolute Gasteiger partial charge is 0.479 e. The Morgan fingerprint density at radius 2 is 2.18 bits per heavy atom. The van der Waals surface area contributed by atoms with Crippen LogP contribution in [-0.2, 0) is 4.79 Å². The molecule has 0 aliphatic carbocycles. The van der Waals surface area contributed by atoms with Gasteiger partial charge in [0.15, 0.2) is 6.10 Å². The normalized spacial score (nSPS) is 11.8. The number of ether oxygens (including phenoxy) is 1. The number of para-hydroxylation sites is 1. The smallest absolute Gasteiger partial charge is 0.344 e. The van der Waals surface area contributed by atoms with Crippen LogP contribution in [0.25, 0.3) is 0 Å². The van der Waals surface area contributed by atoms with Crippen molar-refractivity contribution in [1.29, 1.82) is 0 Å². The van der Waals surface area contributed by atoms with Crippen molar-refractivity contribution in [3.63, 3.8) is 0 Å². The fourth-order valence-electron chi connectivity index (χ4n) is 1.42. The van der Waals surface area contributed by atoms with E-state index >= 15 is 0 Å². The molecular formula is C12H15NO3S. The summed E-state index contributed by atoms with van der Waals surface area (Å²) in [6.07, 6.45) is 0.309. The number of benzene rings is 1. The molecule has 1 rings (SSSR count). The first-order valence-electron chi connectivity index (χ1n) is 5.34. The Morgan fingerprint density at radius 1 is 1.53 bits per heavy atom. The fourth-order valence-corrected chi connectivity index (χ4v) is 1.59. The van der Waals surface area contributed by atoms with Crippen LogP contribution >= 0.6 is 12.2 Å². The first-order valence-corrected chi connectivity index (χ1v) is 5.75. The Morgan fingerprint density at radius 3 is 2.71 bits per heavy atom. The maximum atomic E-state index is 11.0. The number of nitrogens with two attached hydrogens (primary N) is 1. The third kappa shape index (κ3) is 3.71. The minimum atomic E-state index is -0.982. The molecule has 17 heavy (non-hydrogen) atoms. The lowest BCUT2D eigenvalue weighted by Gasteiger charge is -2.16. The second-order valence-corrected chi connectivity index (χ2v) is 4.03. The monoisotopic (exact) mass is 253 g/mol. The Kier molecular flexibility index (Phi) is 4.90. The maximum absolute atomic E-state index is 11.0. The van der Waals surface area contributed by atoms with E-state index in [0.29, 0.717) is 17.7 Å². The number of carboxylic acids is 1. The first kappa shape index (κ1) is 13.4. The summed E-state index contributed by atoms with van der Waals surface area (Å²) in [7, 11) is 0. The fraction of sp³-hybridized carbons (Fsp3) is 0.333. The summed E-state index contributed by atoms with van der Waals surface area (Å²) in [4.78, 5) is 11.2. The summed E-state index contributed by atoms with van der Waals surface area (Å²) in [6, 6.07) is 6.90. The highest BCUT2D eigenvalue weighted by atomic mass is 32.1. The van der Waals surface area contributed by atoms with E-state index in [2.05, 4.69) is 0 Å². The summed E-state index contributed by atoms with van der Waals surface area (Å²) >= 11 is 4.88. The van der Waals surface area contributed by atoms with Crippen LogP contribution in [0, 0.1) is 0 Å². The molecule has 0 aliphatic heterocycles. The topological polar surface area (TPSA) is 72.5 Å². The van der Waals surface area contributed by atoms with Crippen LogP contribution in [0.3, 0.4) is 0 Å². The predicted molar refractivity (Wildman–Crippen MR) is 69.3 cm³/mol. The molecule has 0 fully saturated rings. The molecule has 92 valence electrons. The van der Waals surface area contributed by atoms with Crippen LogP contribution in [-0.4, -0.2) is 22.2 Å². The quantitative estimate of drug-likeness (QED) is 0.758. The highest BCUT2D eigenvalue weighted by Gasteiger charge is 2.19. The lowest BCUT2D eigenvalue weighted by molar-refractivity contribution is -0.145. The third-order valence-corrected chi connectivity index (χ3v) is 2.47. The number of aliphatic carboxylic acids is 1. The number of rotatable bonds is 6. The molecule has 0 saturated heterocycles. The van der Waals surface area contributed by atoms with Crippen molar-refractivity contribution in [2.75, 3.05) is 0 Å². The molecule has 0 saturated carbocycles. The molecule has 4 nitrogen and oxygen atoms in total. The van der Waals surface area contributed by atoms with E-state index < -0.39 is 12.1 Å². The van der Waals surface area contributed by atoms with E-state index in [-0.39, 0.29) is 4.99 Å². The van der Waals surface area contributed by atoms with Crippen molar-refractivity contribution in [1.82, 2.24) is 0 Å². The lowest BCUT2D eigenvalue weighted by atomic mass is 10.1. The maximum Gasteiger partial charge on any atom is 0.344 e. The molecular weight excluding hydrogens is 238 g/mol. The van der Waals surface area contributed by atoms with Crippen LogP contribution in [0.2, 0.25) is 0 Å². The van der Waals surface area contributed by atoms with Crippen molar-refractivity contribution >= 4 is 23.2 Å². The molecule has 0 heterocycles. The van der Waals surface area contributed by atoms with Crippen LogP contribution < -0.4 is 10.5 Å². The zero-order chi connectivity index (χ0) is 12.8. The van der Waals surface area contributed by atoms with Crippen LogP contribution in [0.15, 0.2) is 24.3 Å². The molecule has 1 atom stereocenters. The molecule has 0 bridgehead atoms. The highest BCUT2D eigenvalue weighted by molar-refractivity contribution is 7.80. The highest BCUT2D eigenvalue weighted by Crippen LogP contribution is 2.20. The van der Waals surface area contributed by atoms with Crippen molar-refractivity contribution < 1.29 is 14.6 Å². The summed E-state index contributed by atoms with van der Waals surface area (Å²) in [5, 5.41) is 9.01. The second kappa shape index (κ2) is 6.20. The van der Waals surface area contributed by atoms with E-state index in [0.717, 1.165) is 6.42 Å². The van der Waals surface area contributed by atoms with Crippen molar-refractivity contribution in [2.24, 2.45) is 5.73 Å². The minimum absolute atomic E-state index is 0.196. The number of hydrogen-bond donors (Lipinski definition) is 2. The van der Waals surface area contributed by atoms with Gasteiger partial charge < -0.3 is 15.6 Å². The Hall–Kier alpha value is -1.62. The summed E-state index contributed by atoms with van der Waals surface area (Å²) < 4.78 is 5.44. The van der Waals surface area contributed by atoms with Crippen molar-refractivity contribution in [3.8, 4) is 5.75 Å². The summed E-state index contributed by atoms with van der Waals surface area (Å²) in [6.45, 7) is 1.90. The van der Waals surface area contributed by atoms with Gasteiger partial charge in [0.1, 0.15) is 10.7 Å². The molecule has 0 amide bonds. The molecule has 0 radical (unpaired) electrons. The molecule has 5 heteroatoms. The summed E-state index contributed by atoms with van der Waals surface area (Å²) in [5.41, 5.74) is 6.10. The van der Waals surface area contributed by atoms with Gasteiger partial charge in [-0.15, -0.1) is 0 Å². The van der Waals surface area contributed by atoms with Gasteiger partial charge in [-0.1, -0.05) is 37.7 Å². The molecule has 1 aromatic rings. The summed E-state index contributed by atoms with van der Waals surface area (Å²) in [5.74, 6) is -0.564.